The van der Waals surface area contributed by atoms with Gasteiger partial charge in [-0.25, -0.2) is 5.06 Å². The molecule has 2 atom stereocenters. The number of ether oxygens (including phenoxy) is 2. The Morgan fingerprint density at radius 2 is 2.04 bits per heavy atom. The second kappa shape index (κ2) is 9.85. The first-order valence-electron chi connectivity index (χ1n) is 8.07. The van der Waals surface area contributed by atoms with Crippen LogP contribution in [0.1, 0.15) is 25.8 Å². The van der Waals surface area contributed by atoms with Crippen molar-refractivity contribution in [1.29, 1.82) is 0 Å². The van der Waals surface area contributed by atoms with E-state index in [1.165, 1.54) is 19.2 Å². The smallest absolute Gasteiger partial charge is 0.323 e. The van der Waals surface area contributed by atoms with Gasteiger partial charge in [0.2, 0.25) is 5.91 Å². The maximum atomic E-state index is 11.9. The molecule has 1 rings (SSSR count). The van der Waals surface area contributed by atoms with Gasteiger partial charge in [-0.05, 0) is 23.6 Å². The van der Waals surface area contributed by atoms with Gasteiger partial charge in [-0.1, -0.05) is 26.3 Å². The largest absolute Gasteiger partial charge is 0.504 e. The Labute approximate surface area is 147 Å². The number of phenolic OH excluding ortho intramolecular Hbond substituents is 1. The molecule has 1 aromatic carbocycles. The van der Waals surface area contributed by atoms with E-state index in [4.69, 9.17) is 15.2 Å². The Kier molecular flexibility index (Phi) is 8.17. The van der Waals surface area contributed by atoms with Crippen molar-refractivity contribution in [3.05, 3.63) is 23.8 Å². The third-order valence-corrected chi connectivity index (χ3v) is 3.96. The summed E-state index contributed by atoms with van der Waals surface area (Å²) in [4.78, 5) is 23.7. The van der Waals surface area contributed by atoms with Crippen molar-refractivity contribution in [1.82, 2.24) is 5.06 Å². The van der Waals surface area contributed by atoms with E-state index in [0.29, 0.717) is 16.4 Å². The second-order valence-electron chi connectivity index (χ2n) is 5.78. The predicted octanol–water partition coefficient (Wildman–Crippen LogP) is 1.08. The summed E-state index contributed by atoms with van der Waals surface area (Å²) in [6.07, 6.45) is 0.629. The summed E-state index contributed by atoms with van der Waals surface area (Å²) in [5.74, 6) is -0.962. The molecule has 0 heterocycles. The van der Waals surface area contributed by atoms with Gasteiger partial charge in [0.05, 0.1) is 20.1 Å². The predicted molar refractivity (Wildman–Crippen MR) is 90.3 cm³/mol. The molecule has 0 fully saturated rings. The first kappa shape index (κ1) is 20.7. The number of rotatable bonds is 9. The summed E-state index contributed by atoms with van der Waals surface area (Å²) in [6, 6.07) is 3.79. The number of carbonyl (C=O) groups is 2. The Balaban J connectivity index is 2.44. The van der Waals surface area contributed by atoms with Crippen LogP contribution in [0.15, 0.2) is 18.2 Å². The number of benzene rings is 1. The van der Waals surface area contributed by atoms with Crippen molar-refractivity contribution in [2.45, 2.75) is 32.7 Å². The van der Waals surface area contributed by atoms with Crippen LogP contribution in [-0.2, 0) is 20.7 Å². The zero-order chi connectivity index (χ0) is 19.0. The lowest BCUT2D eigenvalue weighted by molar-refractivity contribution is -0.170. The van der Waals surface area contributed by atoms with Gasteiger partial charge in [0, 0.05) is 0 Å². The Morgan fingerprint density at radius 1 is 1.36 bits per heavy atom. The average molecular weight is 354 g/mol. The van der Waals surface area contributed by atoms with Crippen LogP contribution in [0.3, 0.4) is 0 Å². The highest BCUT2D eigenvalue weighted by atomic mass is 16.5. The minimum absolute atomic E-state index is 0.0119. The molecule has 0 bridgehead atoms. The van der Waals surface area contributed by atoms with Crippen molar-refractivity contribution in [2.75, 3.05) is 20.3 Å². The molecule has 0 aliphatic carbocycles. The summed E-state index contributed by atoms with van der Waals surface area (Å²) in [5, 5.41) is 19.9. The van der Waals surface area contributed by atoms with Crippen LogP contribution in [0.5, 0.6) is 11.5 Å². The molecule has 1 aromatic rings. The molecule has 0 aliphatic heterocycles. The molecule has 1 amide bonds. The fourth-order valence-corrected chi connectivity index (χ4v) is 2.05. The van der Waals surface area contributed by atoms with Gasteiger partial charge in [-0.15, -0.1) is 0 Å². The fraction of sp³-hybridized carbons (Fsp3) is 0.529. The van der Waals surface area contributed by atoms with E-state index in [1.54, 1.807) is 6.07 Å². The van der Waals surface area contributed by atoms with Crippen LogP contribution in [0.25, 0.3) is 0 Å². The fourth-order valence-electron chi connectivity index (χ4n) is 2.05. The van der Waals surface area contributed by atoms with Gasteiger partial charge in [-0.3, -0.25) is 14.8 Å². The number of hydrogen-bond acceptors (Lipinski definition) is 7. The first-order valence-corrected chi connectivity index (χ1v) is 8.07. The second-order valence-corrected chi connectivity index (χ2v) is 5.78. The number of hydroxylamine groups is 2. The summed E-state index contributed by atoms with van der Waals surface area (Å²) >= 11 is 0. The van der Waals surface area contributed by atoms with Crippen LogP contribution in [-0.4, -0.2) is 53.6 Å². The monoisotopic (exact) mass is 354 g/mol. The summed E-state index contributed by atoms with van der Waals surface area (Å²) in [6.45, 7) is 3.44. The van der Waals surface area contributed by atoms with Crippen LogP contribution in [0, 0.1) is 5.92 Å². The van der Waals surface area contributed by atoms with Gasteiger partial charge >= 0.3 is 5.97 Å². The minimum Gasteiger partial charge on any atom is -0.504 e. The van der Waals surface area contributed by atoms with E-state index in [0.717, 1.165) is 6.42 Å². The highest BCUT2D eigenvalue weighted by molar-refractivity contribution is 5.78. The molecule has 0 aliphatic rings. The molecular formula is C17H26N2O6. The molecule has 0 spiro atoms. The highest BCUT2D eigenvalue weighted by Crippen LogP contribution is 2.26. The van der Waals surface area contributed by atoms with E-state index in [2.05, 4.69) is 0 Å². The Bertz CT molecular complexity index is 593. The molecule has 0 aromatic heterocycles. The summed E-state index contributed by atoms with van der Waals surface area (Å²) in [7, 11) is 1.42. The van der Waals surface area contributed by atoms with Crippen LogP contribution >= 0.6 is 0 Å². The van der Waals surface area contributed by atoms with Crippen molar-refractivity contribution in [3.63, 3.8) is 0 Å². The number of phenols is 1. The SMILES string of the molecule is CCC(C)[C@H](N)C(=O)OCCN(O)C(=O)Cc1ccc(OC)c(O)c1. The van der Waals surface area contributed by atoms with E-state index in [-0.39, 0.29) is 31.2 Å². The van der Waals surface area contributed by atoms with Gasteiger partial charge in [0.15, 0.2) is 11.5 Å². The Hall–Kier alpha value is -2.32. The van der Waals surface area contributed by atoms with E-state index >= 15 is 0 Å². The molecule has 140 valence electrons. The lowest BCUT2D eigenvalue weighted by atomic mass is 10.0. The third kappa shape index (κ3) is 6.24. The van der Waals surface area contributed by atoms with E-state index in [9.17, 15) is 19.9 Å². The molecule has 0 radical (unpaired) electrons. The molecule has 0 saturated carbocycles. The maximum Gasteiger partial charge on any atom is 0.323 e. The maximum absolute atomic E-state index is 11.9. The van der Waals surface area contributed by atoms with Crippen molar-refractivity contribution in [2.24, 2.45) is 11.7 Å². The summed E-state index contributed by atoms with van der Waals surface area (Å²) in [5.41, 5.74) is 6.25. The molecule has 25 heavy (non-hydrogen) atoms. The van der Waals surface area contributed by atoms with Crippen LogP contribution in [0.2, 0.25) is 0 Å². The lowest BCUT2D eigenvalue weighted by Gasteiger charge is -2.19. The number of esters is 1. The van der Waals surface area contributed by atoms with Gasteiger partial charge in [-0.2, -0.15) is 0 Å². The number of hydrogen-bond donors (Lipinski definition) is 3. The lowest BCUT2D eigenvalue weighted by Crippen LogP contribution is -2.39. The number of amides is 1. The standard InChI is InChI=1S/C17H26N2O6/c1-4-11(2)16(18)17(22)25-8-7-19(23)15(21)10-12-5-6-14(24-3)13(20)9-12/h5-6,9,11,16,20,23H,4,7-8,10,18H2,1-3H3/t11?,16-/m0/s1. The van der Waals surface area contributed by atoms with Gasteiger partial charge in [0.25, 0.3) is 0 Å². The number of methoxy groups -OCH3 is 1. The molecule has 8 heteroatoms. The summed E-state index contributed by atoms with van der Waals surface area (Å²) < 4.78 is 9.89. The van der Waals surface area contributed by atoms with E-state index in [1.807, 2.05) is 13.8 Å². The molecular weight excluding hydrogens is 328 g/mol. The average Bonchev–Trinajstić information content (AvgIpc) is 2.60. The van der Waals surface area contributed by atoms with E-state index < -0.39 is 17.9 Å². The number of nitrogens with zero attached hydrogens (tertiary/aromatic N) is 1. The molecule has 8 nitrogen and oxygen atoms in total. The number of nitrogens with two attached hydrogens (primary N) is 1. The van der Waals surface area contributed by atoms with Crippen LogP contribution in [0.4, 0.5) is 0 Å². The van der Waals surface area contributed by atoms with Crippen molar-refractivity contribution >= 4 is 11.9 Å². The van der Waals surface area contributed by atoms with Crippen molar-refractivity contribution < 1.29 is 29.4 Å². The number of carbonyl (C=O) groups excluding carboxylic acids is 2. The highest BCUT2D eigenvalue weighted by Gasteiger charge is 2.21. The molecule has 1 unspecified atom stereocenters. The third-order valence-electron chi connectivity index (χ3n) is 3.96. The van der Waals surface area contributed by atoms with Gasteiger partial charge < -0.3 is 20.3 Å². The topological polar surface area (TPSA) is 122 Å². The molecule has 4 N–H and O–H groups in total. The molecule has 0 saturated heterocycles. The minimum atomic E-state index is -0.727. The number of aromatic hydroxyl groups is 1. The Morgan fingerprint density at radius 3 is 2.60 bits per heavy atom. The van der Waals surface area contributed by atoms with Crippen molar-refractivity contribution in [3.8, 4) is 11.5 Å². The quantitative estimate of drug-likeness (QED) is 0.344. The normalized spacial score (nSPS) is 13.0. The van der Waals surface area contributed by atoms with Gasteiger partial charge in [0.1, 0.15) is 12.6 Å². The van der Waals surface area contributed by atoms with Crippen LogP contribution < -0.4 is 10.5 Å². The first-order chi connectivity index (χ1) is 11.8. The zero-order valence-corrected chi connectivity index (χ0v) is 14.8. The zero-order valence-electron chi connectivity index (χ0n) is 14.8.